The molecular weight excluding hydrogens is 384 g/mol. The van der Waals surface area contributed by atoms with Gasteiger partial charge in [0.1, 0.15) is 23.9 Å². The molecule has 5 atom stereocenters. The van der Waals surface area contributed by atoms with Crippen LogP contribution in [0.15, 0.2) is 48.5 Å². The quantitative estimate of drug-likeness (QED) is 0.343. The molecule has 0 aliphatic carbocycles. The van der Waals surface area contributed by atoms with E-state index in [9.17, 15) is 30.6 Å². The van der Waals surface area contributed by atoms with Crippen molar-refractivity contribution in [1.82, 2.24) is 0 Å². The van der Waals surface area contributed by atoms with Gasteiger partial charge in [0.05, 0.1) is 12.2 Å². The van der Waals surface area contributed by atoms with E-state index in [-0.39, 0.29) is 19.3 Å². The summed E-state index contributed by atoms with van der Waals surface area (Å²) in [6, 6.07) is 14.6. The van der Waals surface area contributed by atoms with E-state index in [1.807, 2.05) is 50.2 Å². The Morgan fingerprint density at radius 3 is 1.60 bits per heavy atom. The van der Waals surface area contributed by atoms with Gasteiger partial charge in [0, 0.05) is 12.8 Å². The van der Waals surface area contributed by atoms with Crippen LogP contribution in [-0.4, -0.2) is 66.8 Å². The van der Waals surface area contributed by atoms with Crippen molar-refractivity contribution in [2.75, 3.05) is 6.61 Å². The summed E-state index contributed by atoms with van der Waals surface area (Å²) in [6.07, 6.45) is -5.44. The second-order valence-corrected chi connectivity index (χ2v) is 8.37. The lowest BCUT2D eigenvalue weighted by Crippen LogP contribution is -2.66. The highest BCUT2D eigenvalue weighted by atomic mass is 16.4. The molecule has 0 aliphatic heterocycles. The zero-order valence-corrected chi connectivity index (χ0v) is 17.9. The average Bonchev–Trinajstić information content (AvgIpc) is 2.75. The van der Waals surface area contributed by atoms with Crippen molar-refractivity contribution >= 4 is 0 Å². The highest BCUT2D eigenvalue weighted by molar-refractivity contribution is 5.26. The molecule has 166 valence electrons. The van der Waals surface area contributed by atoms with Crippen LogP contribution < -0.4 is 0 Å². The first-order chi connectivity index (χ1) is 14.1. The van der Waals surface area contributed by atoms with Crippen LogP contribution in [0.1, 0.15) is 35.6 Å². The van der Waals surface area contributed by atoms with E-state index in [1.165, 1.54) is 0 Å². The Kier molecular flexibility index (Phi) is 8.16. The van der Waals surface area contributed by atoms with E-state index in [4.69, 9.17) is 0 Å². The van der Waals surface area contributed by atoms with Crippen LogP contribution in [0.25, 0.3) is 0 Å². The van der Waals surface area contributed by atoms with Crippen LogP contribution in [0.3, 0.4) is 0 Å². The standard InChI is InChI=1S/C24H34O6/c1-4-23(29,13-18-9-5-16(2)6-10-18)22(28)24(30,21(27)20(26)15-25)14-19-11-7-17(3)8-12-19/h5-12,20-22,25-30H,4,13-15H2,1-3H3/t20-,21+,22+,23?,24+/m0/s1. The summed E-state index contributed by atoms with van der Waals surface area (Å²) >= 11 is 0. The largest absolute Gasteiger partial charge is 0.394 e. The van der Waals surface area contributed by atoms with Crippen molar-refractivity contribution in [2.45, 2.75) is 69.5 Å². The molecule has 0 aromatic heterocycles. The summed E-state index contributed by atoms with van der Waals surface area (Å²) in [4.78, 5) is 0. The highest BCUT2D eigenvalue weighted by Gasteiger charge is 2.53. The second-order valence-electron chi connectivity index (χ2n) is 8.37. The maximum atomic E-state index is 11.4. The molecule has 6 heteroatoms. The van der Waals surface area contributed by atoms with E-state index in [0.717, 1.165) is 16.7 Å². The van der Waals surface area contributed by atoms with Gasteiger partial charge in [-0.15, -0.1) is 0 Å². The molecule has 0 saturated heterocycles. The van der Waals surface area contributed by atoms with Gasteiger partial charge in [-0.2, -0.15) is 0 Å². The van der Waals surface area contributed by atoms with Crippen LogP contribution in [0.5, 0.6) is 0 Å². The van der Waals surface area contributed by atoms with Crippen molar-refractivity contribution in [1.29, 1.82) is 0 Å². The Morgan fingerprint density at radius 2 is 1.20 bits per heavy atom. The van der Waals surface area contributed by atoms with Gasteiger partial charge in [0.15, 0.2) is 0 Å². The molecule has 2 aromatic carbocycles. The Balaban J connectivity index is 2.42. The van der Waals surface area contributed by atoms with Gasteiger partial charge in [-0.3, -0.25) is 0 Å². The van der Waals surface area contributed by atoms with Gasteiger partial charge in [-0.05, 0) is 31.4 Å². The topological polar surface area (TPSA) is 121 Å². The minimum Gasteiger partial charge on any atom is -0.394 e. The van der Waals surface area contributed by atoms with Crippen LogP contribution in [0.2, 0.25) is 0 Å². The number of hydrogen-bond donors (Lipinski definition) is 6. The molecule has 6 nitrogen and oxygen atoms in total. The van der Waals surface area contributed by atoms with Crippen molar-refractivity contribution in [3.8, 4) is 0 Å². The molecule has 0 amide bonds. The summed E-state index contributed by atoms with van der Waals surface area (Å²) in [6.45, 7) is 4.73. The van der Waals surface area contributed by atoms with Gasteiger partial charge in [-0.25, -0.2) is 0 Å². The fraction of sp³-hybridized carbons (Fsp3) is 0.500. The summed E-state index contributed by atoms with van der Waals surface area (Å²) in [7, 11) is 0. The molecular formula is C24H34O6. The number of aliphatic hydroxyl groups is 6. The lowest BCUT2D eigenvalue weighted by atomic mass is 9.72. The molecule has 0 bridgehead atoms. The molecule has 0 heterocycles. The lowest BCUT2D eigenvalue weighted by Gasteiger charge is -2.45. The molecule has 30 heavy (non-hydrogen) atoms. The van der Waals surface area contributed by atoms with Crippen molar-refractivity contribution in [3.63, 3.8) is 0 Å². The SMILES string of the molecule is CCC(O)(Cc1ccc(C)cc1)[C@@H](O)[C@@](O)(Cc1ccc(C)cc1)[C@H](O)[C@@H](O)CO. The van der Waals surface area contributed by atoms with E-state index in [2.05, 4.69) is 0 Å². The van der Waals surface area contributed by atoms with Crippen molar-refractivity contribution in [3.05, 3.63) is 70.8 Å². The van der Waals surface area contributed by atoms with Crippen molar-refractivity contribution < 1.29 is 30.6 Å². The second kappa shape index (κ2) is 10.0. The number of rotatable bonds is 10. The molecule has 0 fully saturated rings. The third-order valence-electron chi connectivity index (χ3n) is 5.90. The number of aryl methyl sites for hydroxylation is 2. The zero-order valence-electron chi connectivity index (χ0n) is 17.9. The van der Waals surface area contributed by atoms with Crippen LogP contribution in [0.4, 0.5) is 0 Å². The first-order valence-corrected chi connectivity index (χ1v) is 10.3. The van der Waals surface area contributed by atoms with Gasteiger partial charge >= 0.3 is 0 Å². The molecule has 6 N–H and O–H groups in total. The average molecular weight is 419 g/mol. The summed E-state index contributed by atoms with van der Waals surface area (Å²) in [5, 5.41) is 63.9. The minimum absolute atomic E-state index is 0.0447. The molecule has 0 radical (unpaired) electrons. The normalized spacial score (nSPS) is 18.8. The van der Waals surface area contributed by atoms with E-state index in [1.54, 1.807) is 19.1 Å². The fourth-order valence-corrected chi connectivity index (χ4v) is 3.77. The molecule has 0 aliphatic rings. The fourth-order valence-electron chi connectivity index (χ4n) is 3.77. The Bertz CT molecular complexity index is 790. The molecule has 2 rings (SSSR count). The zero-order chi connectivity index (χ0) is 22.5. The lowest BCUT2D eigenvalue weighted by molar-refractivity contribution is -0.229. The monoisotopic (exact) mass is 418 g/mol. The Hall–Kier alpha value is -1.80. The maximum absolute atomic E-state index is 11.4. The summed E-state index contributed by atoms with van der Waals surface area (Å²) in [5.74, 6) is 0. The Labute approximate surface area is 178 Å². The third-order valence-corrected chi connectivity index (χ3v) is 5.90. The number of aliphatic hydroxyl groups excluding tert-OH is 4. The van der Waals surface area contributed by atoms with Gasteiger partial charge in [-0.1, -0.05) is 66.6 Å². The van der Waals surface area contributed by atoms with Crippen LogP contribution >= 0.6 is 0 Å². The molecule has 0 saturated carbocycles. The van der Waals surface area contributed by atoms with Gasteiger partial charge in [0.25, 0.3) is 0 Å². The predicted molar refractivity (Wildman–Crippen MR) is 115 cm³/mol. The first-order valence-electron chi connectivity index (χ1n) is 10.3. The van der Waals surface area contributed by atoms with Gasteiger partial charge in [0.2, 0.25) is 0 Å². The third kappa shape index (κ3) is 5.46. The van der Waals surface area contributed by atoms with Crippen molar-refractivity contribution in [2.24, 2.45) is 0 Å². The molecule has 0 spiro atoms. The number of hydrogen-bond acceptors (Lipinski definition) is 6. The van der Waals surface area contributed by atoms with Crippen LogP contribution in [-0.2, 0) is 12.8 Å². The number of benzene rings is 2. The van der Waals surface area contributed by atoms with E-state index in [0.29, 0.717) is 5.56 Å². The summed E-state index contributed by atoms with van der Waals surface area (Å²) in [5.41, 5.74) is -0.642. The predicted octanol–water partition coefficient (Wildman–Crippen LogP) is 1.04. The smallest absolute Gasteiger partial charge is 0.126 e. The maximum Gasteiger partial charge on any atom is 0.126 e. The van der Waals surface area contributed by atoms with Gasteiger partial charge < -0.3 is 30.6 Å². The Morgan fingerprint density at radius 1 is 0.767 bits per heavy atom. The first kappa shape index (κ1) is 24.5. The van der Waals surface area contributed by atoms with E-state index < -0.39 is 36.1 Å². The summed E-state index contributed by atoms with van der Waals surface area (Å²) < 4.78 is 0. The van der Waals surface area contributed by atoms with Crippen LogP contribution in [0, 0.1) is 13.8 Å². The van der Waals surface area contributed by atoms with E-state index >= 15 is 0 Å². The minimum atomic E-state index is -2.30. The molecule has 2 aromatic rings. The highest BCUT2D eigenvalue weighted by Crippen LogP contribution is 2.34. The molecule has 1 unspecified atom stereocenters.